The summed E-state index contributed by atoms with van der Waals surface area (Å²) >= 11 is 0. The molecule has 0 heterocycles. The number of hydrogen-bond acceptors (Lipinski definition) is 1. The summed E-state index contributed by atoms with van der Waals surface area (Å²) in [4.78, 5) is 11.8. The van der Waals surface area contributed by atoms with Crippen molar-refractivity contribution in [3.8, 4) is 0 Å². The van der Waals surface area contributed by atoms with E-state index in [2.05, 4.69) is 36.5 Å². The maximum Gasteiger partial charge on any atom is 0.219 e. The van der Waals surface area contributed by atoms with Crippen molar-refractivity contribution in [3.63, 3.8) is 0 Å². The van der Waals surface area contributed by atoms with Gasteiger partial charge in [-0.15, -0.1) is 0 Å². The van der Waals surface area contributed by atoms with Crippen molar-refractivity contribution >= 4 is 5.91 Å². The van der Waals surface area contributed by atoms with Gasteiger partial charge in [-0.2, -0.15) is 0 Å². The normalized spacial score (nSPS) is 37.8. The monoisotopic (exact) mass is 311 g/mol. The van der Waals surface area contributed by atoms with Crippen LogP contribution in [0.2, 0.25) is 0 Å². The molecule has 0 aliphatic heterocycles. The third-order valence-electron chi connectivity index (χ3n) is 6.83. The Morgan fingerprint density at radius 1 is 1.13 bits per heavy atom. The van der Waals surface area contributed by atoms with Crippen molar-refractivity contribution in [2.75, 3.05) is 6.54 Å². The van der Waals surface area contributed by atoms with Crippen LogP contribution in [0.25, 0.3) is 0 Å². The fourth-order valence-electron chi connectivity index (χ4n) is 6.31. The van der Waals surface area contributed by atoms with E-state index < -0.39 is 0 Å². The quantitative estimate of drug-likeness (QED) is 0.879. The van der Waals surface area contributed by atoms with Gasteiger partial charge in [-0.1, -0.05) is 36.8 Å². The molecule has 2 heteroatoms. The SMILES string of the molecule is CCC(=O)NCC12C[C@@H]3C[C@@H](C1)CC(c1ccc(C)cc1)(C3)C2. The van der Waals surface area contributed by atoms with Crippen molar-refractivity contribution in [1.82, 2.24) is 5.32 Å². The first kappa shape index (κ1) is 15.2. The van der Waals surface area contributed by atoms with Gasteiger partial charge in [0.1, 0.15) is 0 Å². The van der Waals surface area contributed by atoms with Crippen molar-refractivity contribution in [2.24, 2.45) is 17.3 Å². The van der Waals surface area contributed by atoms with Gasteiger partial charge in [0.2, 0.25) is 5.91 Å². The Bertz CT molecular complexity index is 589. The molecule has 2 atom stereocenters. The molecule has 4 saturated carbocycles. The average molecular weight is 311 g/mol. The van der Waals surface area contributed by atoms with Crippen LogP contribution in [0.1, 0.15) is 63.0 Å². The molecule has 23 heavy (non-hydrogen) atoms. The molecule has 1 N–H and O–H groups in total. The number of nitrogens with one attached hydrogen (secondary N) is 1. The van der Waals surface area contributed by atoms with Crippen molar-refractivity contribution < 1.29 is 4.79 Å². The van der Waals surface area contributed by atoms with Crippen LogP contribution >= 0.6 is 0 Å². The van der Waals surface area contributed by atoms with Crippen LogP contribution in [0.4, 0.5) is 0 Å². The Kier molecular flexibility index (Phi) is 3.55. The van der Waals surface area contributed by atoms with Gasteiger partial charge in [0.05, 0.1) is 0 Å². The summed E-state index contributed by atoms with van der Waals surface area (Å²) in [7, 11) is 0. The van der Waals surface area contributed by atoms with Crippen molar-refractivity contribution in [1.29, 1.82) is 0 Å². The van der Waals surface area contributed by atoms with Crippen LogP contribution in [0, 0.1) is 24.2 Å². The van der Waals surface area contributed by atoms with Gasteiger partial charge < -0.3 is 5.32 Å². The highest BCUT2D eigenvalue weighted by molar-refractivity contribution is 5.75. The minimum Gasteiger partial charge on any atom is -0.356 e. The molecule has 1 aromatic carbocycles. The van der Waals surface area contributed by atoms with Crippen molar-refractivity contribution in [3.05, 3.63) is 35.4 Å². The minimum atomic E-state index is 0.213. The van der Waals surface area contributed by atoms with E-state index in [9.17, 15) is 4.79 Å². The second kappa shape index (κ2) is 5.36. The summed E-state index contributed by atoms with van der Waals surface area (Å²) < 4.78 is 0. The molecular formula is C21H29NO. The molecule has 4 fully saturated rings. The van der Waals surface area contributed by atoms with Crippen LogP contribution in [0.3, 0.4) is 0 Å². The Balaban J connectivity index is 1.62. The lowest BCUT2D eigenvalue weighted by Gasteiger charge is -2.62. The van der Waals surface area contributed by atoms with Gasteiger partial charge in [-0.3, -0.25) is 4.79 Å². The van der Waals surface area contributed by atoms with Crippen LogP contribution in [0.15, 0.2) is 24.3 Å². The largest absolute Gasteiger partial charge is 0.356 e. The van der Waals surface area contributed by atoms with E-state index in [0.29, 0.717) is 17.3 Å². The number of amides is 1. The third-order valence-corrected chi connectivity index (χ3v) is 6.83. The van der Waals surface area contributed by atoms with E-state index in [1.807, 2.05) is 6.92 Å². The summed E-state index contributed by atoms with van der Waals surface area (Å²) in [5.74, 6) is 1.96. The highest BCUT2D eigenvalue weighted by Crippen LogP contribution is 2.65. The van der Waals surface area contributed by atoms with Gasteiger partial charge in [-0.05, 0) is 73.7 Å². The number of aryl methyl sites for hydroxylation is 1. The maximum absolute atomic E-state index is 11.8. The minimum absolute atomic E-state index is 0.213. The molecule has 2 nitrogen and oxygen atoms in total. The summed E-state index contributed by atoms with van der Waals surface area (Å²) in [5.41, 5.74) is 3.65. The number of hydrogen-bond donors (Lipinski definition) is 1. The molecule has 4 aliphatic carbocycles. The first-order chi connectivity index (χ1) is 11.0. The number of carbonyl (C=O) groups excluding carboxylic acids is 1. The Labute approximate surface area is 140 Å². The molecule has 0 radical (unpaired) electrons. The molecule has 0 unspecified atom stereocenters. The van der Waals surface area contributed by atoms with E-state index in [1.165, 1.54) is 44.1 Å². The second-order valence-electron chi connectivity index (χ2n) is 8.74. The Morgan fingerprint density at radius 2 is 1.78 bits per heavy atom. The zero-order chi connectivity index (χ0) is 16.1. The van der Waals surface area contributed by atoms with E-state index >= 15 is 0 Å². The van der Waals surface area contributed by atoms with Gasteiger partial charge in [0.15, 0.2) is 0 Å². The lowest BCUT2D eigenvalue weighted by Crippen LogP contribution is -2.57. The molecule has 0 aromatic heterocycles. The van der Waals surface area contributed by atoms with Gasteiger partial charge in [0, 0.05) is 13.0 Å². The van der Waals surface area contributed by atoms with E-state index in [-0.39, 0.29) is 5.91 Å². The first-order valence-corrected chi connectivity index (χ1v) is 9.36. The Hall–Kier alpha value is -1.31. The third kappa shape index (κ3) is 2.60. The fraction of sp³-hybridized carbons (Fsp3) is 0.667. The standard InChI is InChI=1S/C21H29NO/c1-3-19(23)22-14-20-9-16-8-17(10-20)12-21(11-16,13-20)18-6-4-15(2)5-7-18/h4-7,16-17H,3,8-14H2,1-2H3,(H,22,23)/t16-,17-,20?,21?/m0/s1. The maximum atomic E-state index is 11.8. The summed E-state index contributed by atoms with van der Waals surface area (Å²) in [6.45, 7) is 5.02. The van der Waals surface area contributed by atoms with Gasteiger partial charge >= 0.3 is 0 Å². The molecule has 1 amide bonds. The van der Waals surface area contributed by atoms with E-state index in [4.69, 9.17) is 0 Å². The molecule has 4 bridgehead atoms. The summed E-state index contributed by atoms with van der Waals surface area (Å²) in [6, 6.07) is 9.31. The number of benzene rings is 1. The molecule has 4 aliphatic rings. The lowest BCUT2D eigenvalue weighted by atomic mass is 9.43. The van der Waals surface area contributed by atoms with Gasteiger partial charge in [-0.25, -0.2) is 0 Å². The average Bonchev–Trinajstić information content (AvgIpc) is 2.52. The zero-order valence-corrected chi connectivity index (χ0v) is 14.5. The molecule has 1 aromatic rings. The highest BCUT2D eigenvalue weighted by atomic mass is 16.1. The molecule has 124 valence electrons. The number of rotatable bonds is 4. The predicted molar refractivity (Wildman–Crippen MR) is 93.3 cm³/mol. The number of carbonyl (C=O) groups is 1. The topological polar surface area (TPSA) is 29.1 Å². The smallest absolute Gasteiger partial charge is 0.219 e. The Morgan fingerprint density at radius 3 is 2.39 bits per heavy atom. The fourth-order valence-corrected chi connectivity index (χ4v) is 6.31. The molecular weight excluding hydrogens is 282 g/mol. The van der Waals surface area contributed by atoms with Crippen LogP contribution in [-0.2, 0) is 10.2 Å². The van der Waals surface area contributed by atoms with E-state index in [0.717, 1.165) is 18.4 Å². The zero-order valence-electron chi connectivity index (χ0n) is 14.5. The van der Waals surface area contributed by atoms with Gasteiger partial charge in [0.25, 0.3) is 0 Å². The van der Waals surface area contributed by atoms with Crippen molar-refractivity contribution in [2.45, 2.75) is 64.2 Å². The highest BCUT2D eigenvalue weighted by Gasteiger charge is 2.57. The summed E-state index contributed by atoms with van der Waals surface area (Å²) in [5, 5.41) is 3.23. The van der Waals surface area contributed by atoms with Crippen LogP contribution in [0.5, 0.6) is 0 Å². The van der Waals surface area contributed by atoms with E-state index in [1.54, 1.807) is 5.56 Å². The molecule has 5 rings (SSSR count). The molecule has 0 saturated heterocycles. The van der Waals surface area contributed by atoms with Crippen LogP contribution in [-0.4, -0.2) is 12.5 Å². The second-order valence-corrected chi connectivity index (χ2v) is 8.74. The lowest BCUT2D eigenvalue weighted by molar-refractivity contribution is -0.123. The van der Waals surface area contributed by atoms with Crippen LogP contribution < -0.4 is 5.32 Å². The predicted octanol–water partition coefficient (Wildman–Crippen LogP) is 4.36. The summed E-state index contributed by atoms with van der Waals surface area (Å²) in [6.07, 6.45) is 8.72. The molecule has 0 spiro atoms. The first-order valence-electron chi connectivity index (χ1n) is 9.36.